The van der Waals surface area contributed by atoms with Crippen molar-refractivity contribution in [2.75, 3.05) is 37.9 Å². The van der Waals surface area contributed by atoms with Crippen molar-refractivity contribution in [3.05, 3.63) is 48.0 Å². The molecule has 162 valence electrons. The summed E-state index contributed by atoms with van der Waals surface area (Å²) in [5.74, 6) is 2.22. The summed E-state index contributed by atoms with van der Waals surface area (Å²) < 4.78 is 10.7. The number of benzene rings is 2. The number of nitrogens with zero attached hydrogens (tertiary/aromatic N) is 3. The SMILES string of the molecule is COc1cc2nc(N3CCC(C(=O)NCc4ccccc4)CC3)nc(N)c2cc1OC. The zero-order valence-electron chi connectivity index (χ0n) is 17.8. The van der Waals surface area contributed by atoms with Gasteiger partial charge in [0.15, 0.2) is 11.5 Å². The first kappa shape index (κ1) is 20.7. The van der Waals surface area contributed by atoms with Crippen LogP contribution in [0.5, 0.6) is 11.5 Å². The lowest BCUT2D eigenvalue weighted by molar-refractivity contribution is -0.125. The third kappa shape index (κ3) is 4.47. The molecule has 31 heavy (non-hydrogen) atoms. The molecule has 0 spiro atoms. The van der Waals surface area contributed by atoms with Gasteiger partial charge in [-0.25, -0.2) is 4.98 Å². The Morgan fingerprint density at radius 2 is 1.77 bits per heavy atom. The molecule has 0 atom stereocenters. The van der Waals surface area contributed by atoms with Crippen LogP contribution >= 0.6 is 0 Å². The number of methoxy groups -OCH3 is 2. The number of hydrogen-bond donors (Lipinski definition) is 2. The molecule has 1 aliphatic rings. The molecule has 0 unspecified atom stereocenters. The van der Waals surface area contributed by atoms with Crippen LogP contribution in [0.15, 0.2) is 42.5 Å². The molecular formula is C23H27N5O3. The molecule has 2 heterocycles. The highest BCUT2D eigenvalue weighted by atomic mass is 16.5. The van der Waals surface area contributed by atoms with E-state index in [9.17, 15) is 4.79 Å². The minimum Gasteiger partial charge on any atom is -0.493 e. The van der Waals surface area contributed by atoms with Crippen LogP contribution in [-0.4, -0.2) is 43.2 Å². The molecule has 0 aliphatic carbocycles. The fourth-order valence-electron chi connectivity index (χ4n) is 3.88. The number of aromatic nitrogens is 2. The van der Waals surface area contributed by atoms with Crippen molar-refractivity contribution in [1.82, 2.24) is 15.3 Å². The zero-order chi connectivity index (χ0) is 21.8. The number of nitrogens with one attached hydrogen (secondary N) is 1. The maximum absolute atomic E-state index is 12.6. The highest BCUT2D eigenvalue weighted by Crippen LogP contribution is 2.34. The summed E-state index contributed by atoms with van der Waals surface area (Å²) in [6, 6.07) is 13.5. The topological polar surface area (TPSA) is 103 Å². The molecule has 8 nitrogen and oxygen atoms in total. The normalized spacial score (nSPS) is 14.5. The summed E-state index contributed by atoms with van der Waals surface area (Å²) >= 11 is 0. The molecule has 1 aromatic heterocycles. The number of ether oxygens (including phenoxy) is 2. The van der Waals surface area contributed by atoms with E-state index in [1.54, 1.807) is 26.4 Å². The van der Waals surface area contributed by atoms with Gasteiger partial charge < -0.3 is 25.4 Å². The van der Waals surface area contributed by atoms with E-state index in [0.29, 0.717) is 48.4 Å². The number of amides is 1. The van der Waals surface area contributed by atoms with Crippen molar-refractivity contribution in [3.8, 4) is 11.5 Å². The molecule has 8 heteroatoms. The lowest BCUT2D eigenvalue weighted by Gasteiger charge is -2.31. The van der Waals surface area contributed by atoms with Crippen LogP contribution < -0.4 is 25.4 Å². The van der Waals surface area contributed by atoms with Crippen molar-refractivity contribution >= 4 is 28.6 Å². The van der Waals surface area contributed by atoms with Crippen LogP contribution in [0.4, 0.5) is 11.8 Å². The van der Waals surface area contributed by atoms with E-state index in [-0.39, 0.29) is 11.8 Å². The van der Waals surface area contributed by atoms with Crippen molar-refractivity contribution in [2.24, 2.45) is 5.92 Å². The van der Waals surface area contributed by atoms with Crippen molar-refractivity contribution < 1.29 is 14.3 Å². The van der Waals surface area contributed by atoms with E-state index in [1.807, 2.05) is 30.3 Å². The Hall–Kier alpha value is -3.55. The van der Waals surface area contributed by atoms with Gasteiger partial charge in [-0.1, -0.05) is 30.3 Å². The second kappa shape index (κ2) is 9.07. The Kier molecular flexibility index (Phi) is 6.06. The maximum atomic E-state index is 12.6. The first-order valence-electron chi connectivity index (χ1n) is 10.3. The Balaban J connectivity index is 1.42. The summed E-state index contributed by atoms with van der Waals surface area (Å²) in [5.41, 5.74) is 8.01. The summed E-state index contributed by atoms with van der Waals surface area (Å²) in [5, 5.41) is 3.76. The molecule has 1 saturated heterocycles. The zero-order valence-corrected chi connectivity index (χ0v) is 17.8. The van der Waals surface area contributed by atoms with Crippen molar-refractivity contribution in [1.29, 1.82) is 0 Å². The smallest absolute Gasteiger partial charge is 0.227 e. The second-order valence-electron chi connectivity index (χ2n) is 7.60. The number of fused-ring (bicyclic) bond motifs is 1. The number of hydrogen-bond acceptors (Lipinski definition) is 7. The first-order valence-corrected chi connectivity index (χ1v) is 10.3. The molecular weight excluding hydrogens is 394 g/mol. The predicted molar refractivity (Wildman–Crippen MR) is 120 cm³/mol. The minimum absolute atomic E-state index is 0.0119. The molecule has 3 aromatic rings. The molecule has 0 radical (unpaired) electrons. The van der Waals surface area contributed by atoms with Crippen molar-refractivity contribution in [2.45, 2.75) is 19.4 Å². The van der Waals surface area contributed by atoms with Crippen LogP contribution in [0, 0.1) is 5.92 Å². The van der Waals surface area contributed by atoms with Gasteiger partial charge in [-0.2, -0.15) is 4.98 Å². The summed E-state index contributed by atoms with van der Waals surface area (Å²) in [4.78, 5) is 23.8. The molecule has 4 rings (SSSR count). The van der Waals surface area contributed by atoms with Gasteiger partial charge in [0, 0.05) is 37.0 Å². The van der Waals surface area contributed by atoms with Gasteiger partial charge >= 0.3 is 0 Å². The van der Waals surface area contributed by atoms with Crippen LogP contribution in [0.2, 0.25) is 0 Å². The quantitative estimate of drug-likeness (QED) is 0.631. The molecule has 2 aromatic carbocycles. The highest BCUT2D eigenvalue weighted by Gasteiger charge is 2.26. The van der Waals surface area contributed by atoms with Gasteiger partial charge in [0.05, 0.1) is 19.7 Å². The summed E-state index contributed by atoms with van der Waals surface area (Å²) in [7, 11) is 3.16. The molecule has 0 bridgehead atoms. The van der Waals surface area contributed by atoms with Gasteiger partial charge in [-0.15, -0.1) is 0 Å². The van der Waals surface area contributed by atoms with E-state index in [2.05, 4.69) is 20.2 Å². The van der Waals surface area contributed by atoms with E-state index in [1.165, 1.54) is 0 Å². The lowest BCUT2D eigenvalue weighted by Crippen LogP contribution is -2.41. The standard InChI is InChI=1S/C23H27N5O3/c1-30-19-12-17-18(13-20(19)31-2)26-23(27-21(17)24)28-10-8-16(9-11-28)22(29)25-14-15-6-4-3-5-7-15/h3-7,12-13,16H,8-11,14H2,1-2H3,(H,25,29)(H2,24,26,27). The molecule has 0 saturated carbocycles. The number of rotatable bonds is 6. The molecule has 3 N–H and O–H groups in total. The van der Waals surface area contributed by atoms with Crippen LogP contribution in [0.1, 0.15) is 18.4 Å². The van der Waals surface area contributed by atoms with Gasteiger partial charge in [0.2, 0.25) is 11.9 Å². The third-order valence-corrected chi connectivity index (χ3v) is 5.68. The van der Waals surface area contributed by atoms with Gasteiger partial charge in [-0.05, 0) is 24.5 Å². The number of carbonyl (C=O) groups is 1. The summed E-state index contributed by atoms with van der Waals surface area (Å²) in [6.45, 7) is 1.94. The van der Waals surface area contributed by atoms with Crippen LogP contribution in [-0.2, 0) is 11.3 Å². The van der Waals surface area contributed by atoms with E-state index < -0.39 is 0 Å². The molecule has 1 aliphatic heterocycles. The Morgan fingerprint density at radius 3 is 2.45 bits per heavy atom. The van der Waals surface area contributed by atoms with E-state index in [4.69, 9.17) is 15.2 Å². The van der Waals surface area contributed by atoms with Crippen LogP contribution in [0.3, 0.4) is 0 Å². The fraction of sp³-hybridized carbons (Fsp3) is 0.348. The number of carbonyl (C=O) groups excluding carboxylic acids is 1. The Labute approximate surface area is 181 Å². The predicted octanol–water partition coefficient (Wildman–Crippen LogP) is 2.76. The molecule has 1 amide bonds. The first-order chi connectivity index (χ1) is 15.1. The Bertz CT molecular complexity index is 1070. The van der Waals surface area contributed by atoms with Gasteiger partial charge in [-0.3, -0.25) is 4.79 Å². The van der Waals surface area contributed by atoms with Gasteiger partial charge in [0.25, 0.3) is 0 Å². The average Bonchev–Trinajstić information content (AvgIpc) is 2.82. The van der Waals surface area contributed by atoms with Crippen molar-refractivity contribution in [3.63, 3.8) is 0 Å². The number of piperidine rings is 1. The van der Waals surface area contributed by atoms with Crippen LogP contribution in [0.25, 0.3) is 10.9 Å². The van der Waals surface area contributed by atoms with E-state index >= 15 is 0 Å². The molecule has 1 fully saturated rings. The second-order valence-corrected chi connectivity index (χ2v) is 7.60. The number of nitrogens with two attached hydrogens (primary N) is 1. The number of nitrogen functional groups attached to an aromatic ring is 1. The Morgan fingerprint density at radius 1 is 1.10 bits per heavy atom. The lowest BCUT2D eigenvalue weighted by atomic mass is 9.96. The van der Waals surface area contributed by atoms with Gasteiger partial charge in [0.1, 0.15) is 5.82 Å². The monoisotopic (exact) mass is 421 g/mol. The largest absolute Gasteiger partial charge is 0.493 e. The van der Waals surface area contributed by atoms with E-state index in [0.717, 1.165) is 23.8 Å². The number of anilines is 2. The average molecular weight is 422 g/mol. The fourth-order valence-corrected chi connectivity index (χ4v) is 3.88. The maximum Gasteiger partial charge on any atom is 0.227 e. The highest BCUT2D eigenvalue weighted by molar-refractivity contribution is 5.91. The summed E-state index contributed by atoms with van der Waals surface area (Å²) in [6.07, 6.45) is 1.49. The third-order valence-electron chi connectivity index (χ3n) is 5.68. The minimum atomic E-state index is -0.0119.